The lowest BCUT2D eigenvalue weighted by Gasteiger charge is -2.10. The quantitative estimate of drug-likeness (QED) is 0.639. The van der Waals surface area contributed by atoms with E-state index in [1.807, 2.05) is 13.8 Å². The molecule has 1 saturated heterocycles. The highest BCUT2D eigenvalue weighted by Crippen LogP contribution is 2.10. The van der Waals surface area contributed by atoms with E-state index in [0.29, 0.717) is 10.5 Å². The molecule has 3 heteroatoms. The predicted octanol–water partition coefficient (Wildman–Crippen LogP) is 0.505. The van der Waals surface area contributed by atoms with Crippen LogP contribution in [-0.2, 0) is 10.8 Å². The Bertz CT molecular complexity index is 130. The summed E-state index contributed by atoms with van der Waals surface area (Å²) in [6.45, 7) is 6.04. The van der Waals surface area contributed by atoms with Gasteiger partial charge in [-0.1, -0.05) is 13.8 Å². The molecule has 2 nitrogen and oxygen atoms in total. The van der Waals surface area contributed by atoms with Crippen molar-refractivity contribution >= 4 is 10.8 Å². The fraction of sp³-hybridized carbons (Fsp3) is 1.00. The van der Waals surface area contributed by atoms with Crippen molar-refractivity contribution in [3.05, 3.63) is 0 Å². The van der Waals surface area contributed by atoms with Gasteiger partial charge in [0, 0.05) is 27.8 Å². The summed E-state index contributed by atoms with van der Waals surface area (Å²) in [6.07, 6.45) is 1.09. The van der Waals surface area contributed by atoms with E-state index in [1.54, 1.807) is 0 Å². The first-order valence-corrected chi connectivity index (χ1v) is 5.09. The molecule has 0 aromatic heterocycles. The van der Waals surface area contributed by atoms with Crippen LogP contribution in [0, 0.1) is 0 Å². The van der Waals surface area contributed by atoms with Crippen molar-refractivity contribution in [2.24, 2.45) is 0 Å². The highest BCUT2D eigenvalue weighted by molar-refractivity contribution is 7.86. The van der Waals surface area contributed by atoms with Crippen molar-refractivity contribution < 1.29 is 4.21 Å². The second-order valence-electron chi connectivity index (χ2n) is 2.99. The molecule has 0 radical (unpaired) electrons. The summed E-state index contributed by atoms with van der Waals surface area (Å²) < 4.78 is 11.4. The average molecular weight is 161 g/mol. The molecular formula is C7H15NOS. The SMILES string of the molecule is CC(C)S(=O)C1CCNC1. The second kappa shape index (κ2) is 3.49. The molecule has 10 heavy (non-hydrogen) atoms. The van der Waals surface area contributed by atoms with Gasteiger partial charge in [0.2, 0.25) is 0 Å². The summed E-state index contributed by atoms with van der Waals surface area (Å²) in [5.74, 6) is 0. The lowest BCUT2D eigenvalue weighted by Crippen LogP contribution is -2.24. The second-order valence-corrected chi connectivity index (χ2v) is 5.26. The molecule has 1 rings (SSSR count). The van der Waals surface area contributed by atoms with E-state index in [1.165, 1.54) is 0 Å². The highest BCUT2D eigenvalue weighted by atomic mass is 32.2. The van der Waals surface area contributed by atoms with E-state index in [4.69, 9.17) is 0 Å². The van der Waals surface area contributed by atoms with Crippen molar-refractivity contribution in [3.8, 4) is 0 Å². The Morgan fingerprint density at radius 1 is 1.60 bits per heavy atom. The van der Waals surface area contributed by atoms with Crippen LogP contribution in [0.4, 0.5) is 0 Å². The zero-order valence-corrected chi connectivity index (χ0v) is 7.41. The van der Waals surface area contributed by atoms with E-state index in [0.717, 1.165) is 19.5 Å². The van der Waals surface area contributed by atoms with Gasteiger partial charge in [0.15, 0.2) is 0 Å². The smallest absolute Gasteiger partial charge is 0.0487 e. The lowest BCUT2D eigenvalue weighted by molar-refractivity contribution is 0.665. The summed E-state index contributed by atoms with van der Waals surface area (Å²) in [4.78, 5) is 0. The highest BCUT2D eigenvalue weighted by Gasteiger charge is 2.22. The van der Waals surface area contributed by atoms with Crippen LogP contribution < -0.4 is 5.32 Å². The monoisotopic (exact) mass is 161 g/mol. The zero-order valence-electron chi connectivity index (χ0n) is 6.59. The molecule has 0 aliphatic carbocycles. The van der Waals surface area contributed by atoms with E-state index < -0.39 is 10.8 Å². The molecule has 0 bridgehead atoms. The molecule has 1 aliphatic heterocycles. The van der Waals surface area contributed by atoms with Gasteiger partial charge in [-0.05, 0) is 13.0 Å². The van der Waals surface area contributed by atoms with Gasteiger partial charge >= 0.3 is 0 Å². The van der Waals surface area contributed by atoms with E-state index in [-0.39, 0.29) is 0 Å². The maximum absolute atomic E-state index is 11.4. The van der Waals surface area contributed by atoms with E-state index in [2.05, 4.69) is 5.32 Å². The first-order chi connectivity index (χ1) is 4.72. The topological polar surface area (TPSA) is 29.1 Å². The minimum atomic E-state index is -0.610. The summed E-state index contributed by atoms with van der Waals surface area (Å²) >= 11 is 0. The van der Waals surface area contributed by atoms with Crippen LogP contribution in [0.1, 0.15) is 20.3 Å². The predicted molar refractivity (Wildman–Crippen MR) is 44.6 cm³/mol. The average Bonchev–Trinajstić information content (AvgIpc) is 2.36. The third-order valence-electron chi connectivity index (χ3n) is 1.81. The third-order valence-corrected chi connectivity index (χ3v) is 3.80. The maximum atomic E-state index is 11.4. The molecule has 0 aromatic rings. The molecule has 2 atom stereocenters. The fourth-order valence-electron chi connectivity index (χ4n) is 1.21. The Morgan fingerprint density at radius 2 is 2.30 bits per heavy atom. The Labute approximate surface area is 64.8 Å². The van der Waals surface area contributed by atoms with Crippen molar-refractivity contribution in [1.82, 2.24) is 5.32 Å². The number of hydrogen-bond acceptors (Lipinski definition) is 2. The van der Waals surface area contributed by atoms with Crippen LogP contribution in [0.3, 0.4) is 0 Å². The van der Waals surface area contributed by atoms with Crippen LogP contribution in [0.2, 0.25) is 0 Å². The van der Waals surface area contributed by atoms with Crippen molar-refractivity contribution in [1.29, 1.82) is 0 Å². The van der Waals surface area contributed by atoms with Gasteiger partial charge in [-0.25, -0.2) is 0 Å². The third kappa shape index (κ3) is 1.80. The number of hydrogen-bond donors (Lipinski definition) is 1. The largest absolute Gasteiger partial charge is 0.315 e. The molecule has 0 amide bonds. The number of rotatable bonds is 2. The molecule has 1 N–H and O–H groups in total. The first-order valence-electron chi connectivity index (χ1n) is 3.82. The van der Waals surface area contributed by atoms with Crippen LogP contribution in [0.15, 0.2) is 0 Å². The Hall–Kier alpha value is 0.110. The van der Waals surface area contributed by atoms with Crippen molar-refractivity contribution in [3.63, 3.8) is 0 Å². The van der Waals surface area contributed by atoms with Crippen molar-refractivity contribution in [2.45, 2.75) is 30.8 Å². The van der Waals surface area contributed by atoms with Crippen LogP contribution in [0.25, 0.3) is 0 Å². The molecule has 60 valence electrons. The molecular weight excluding hydrogens is 146 g/mol. The molecule has 0 aromatic carbocycles. The maximum Gasteiger partial charge on any atom is 0.0487 e. The molecule has 0 saturated carbocycles. The fourth-order valence-corrected chi connectivity index (χ4v) is 2.61. The van der Waals surface area contributed by atoms with E-state index in [9.17, 15) is 4.21 Å². The molecule has 1 fully saturated rings. The standard InChI is InChI=1S/C7H15NOS/c1-6(2)10(9)7-3-4-8-5-7/h6-8H,3-5H2,1-2H3. The molecule has 1 heterocycles. The van der Waals surface area contributed by atoms with Gasteiger partial charge in [-0.15, -0.1) is 0 Å². The minimum absolute atomic E-state index is 0.324. The Balaban J connectivity index is 2.40. The Morgan fingerprint density at radius 3 is 2.70 bits per heavy atom. The minimum Gasteiger partial charge on any atom is -0.315 e. The number of nitrogens with one attached hydrogen (secondary N) is 1. The summed E-state index contributed by atoms with van der Waals surface area (Å²) in [6, 6.07) is 0. The van der Waals surface area contributed by atoms with Gasteiger partial charge in [-0.3, -0.25) is 4.21 Å². The summed E-state index contributed by atoms with van der Waals surface area (Å²) in [5, 5.41) is 3.96. The van der Waals surface area contributed by atoms with Crippen molar-refractivity contribution in [2.75, 3.05) is 13.1 Å². The Kier molecular flexibility index (Phi) is 2.86. The van der Waals surface area contributed by atoms with Gasteiger partial charge < -0.3 is 5.32 Å². The summed E-state index contributed by atoms with van der Waals surface area (Å²) in [7, 11) is -0.610. The van der Waals surface area contributed by atoms with Gasteiger partial charge in [0.05, 0.1) is 0 Å². The van der Waals surface area contributed by atoms with Gasteiger partial charge in [-0.2, -0.15) is 0 Å². The van der Waals surface area contributed by atoms with Gasteiger partial charge in [0.1, 0.15) is 0 Å². The normalized spacial score (nSPS) is 29.3. The van der Waals surface area contributed by atoms with Gasteiger partial charge in [0.25, 0.3) is 0 Å². The van der Waals surface area contributed by atoms with E-state index >= 15 is 0 Å². The summed E-state index contributed by atoms with van der Waals surface area (Å²) in [5.41, 5.74) is 0. The van der Waals surface area contributed by atoms with Crippen LogP contribution in [0.5, 0.6) is 0 Å². The molecule has 2 unspecified atom stereocenters. The first kappa shape index (κ1) is 8.21. The molecule has 1 aliphatic rings. The lowest BCUT2D eigenvalue weighted by atomic mass is 10.4. The van der Waals surface area contributed by atoms with Crippen LogP contribution >= 0.6 is 0 Å². The molecule has 0 spiro atoms. The van der Waals surface area contributed by atoms with Crippen LogP contribution in [-0.4, -0.2) is 27.8 Å². The zero-order chi connectivity index (χ0) is 7.56.